The summed E-state index contributed by atoms with van der Waals surface area (Å²) in [6, 6.07) is 2.16. The molecule has 0 aliphatic carbocycles. The van der Waals surface area contributed by atoms with Crippen molar-refractivity contribution >= 4 is 17.6 Å². The lowest BCUT2D eigenvalue weighted by atomic mass is 10.0. The summed E-state index contributed by atoms with van der Waals surface area (Å²) in [5.41, 5.74) is -0.584. The van der Waals surface area contributed by atoms with Crippen LogP contribution in [0.2, 0.25) is 0 Å². The van der Waals surface area contributed by atoms with Crippen LogP contribution in [0.1, 0.15) is 32.8 Å². The molecule has 0 amide bonds. The van der Waals surface area contributed by atoms with Gasteiger partial charge in [0, 0.05) is 17.8 Å². The Morgan fingerprint density at radius 3 is 2.09 bits per heavy atom. The zero-order valence-electron chi connectivity index (χ0n) is 13.2. The quantitative estimate of drug-likeness (QED) is 0.752. The third kappa shape index (κ3) is 3.67. The number of carbonyl (C=O) groups is 2. The van der Waals surface area contributed by atoms with Gasteiger partial charge < -0.3 is 15.1 Å². The van der Waals surface area contributed by atoms with Gasteiger partial charge in [0.15, 0.2) is 11.6 Å². The fourth-order valence-corrected chi connectivity index (χ4v) is 2.45. The van der Waals surface area contributed by atoms with Crippen molar-refractivity contribution in [1.29, 1.82) is 0 Å². The normalized spacial score (nSPS) is 11.9. The molecule has 7 heteroatoms. The Kier molecular flexibility index (Phi) is 6.24. The Morgan fingerprint density at radius 1 is 1.09 bits per heavy atom. The van der Waals surface area contributed by atoms with Gasteiger partial charge in [0.05, 0.1) is 5.57 Å². The third-order valence-electron chi connectivity index (χ3n) is 3.50. The lowest BCUT2D eigenvalue weighted by Gasteiger charge is -2.27. The second-order valence-corrected chi connectivity index (χ2v) is 4.75. The molecule has 0 aliphatic heterocycles. The van der Waals surface area contributed by atoms with Gasteiger partial charge in [-0.2, -0.15) is 0 Å². The van der Waals surface area contributed by atoms with E-state index in [1.54, 1.807) is 13.8 Å². The average molecular weight is 327 g/mol. The van der Waals surface area contributed by atoms with Gasteiger partial charge in [-0.05, 0) is 31.9 Å². The Hall–Kier alpha value is -2.44. The monoisotopic (exact) mass is 327 g/mol. The molecule has 0 aromatic heterocycles. The number of carboxylic acid groups (broad SMARTS) is 2. The van der Waals surface area contributed by atoms with Crippen LogP contribution in [0.3, 0.4) is 0 Å². The summed E-state index contributed by atoms with van der Waals surface area (Å²) in [4.78, 5) is 24.1. The second kappa shape index (κ2) is 7.71. The minimum Gasteiger partial charge on any atom is -0.478 e. The molecule has 2 N–H and O–H groups in total. The summed E-state index contributed by atoms with van der Waals surface area (Å²) >= 11 is 0. The molecule has 5 nitrogen and oxygen atoms in total. The number of hydrogen-bond donors (Lipinski definition) is 2. The molecule has 0 saturated heterocycles. The van der Waals surface area contributed by atoms with E-state index in [4.69, 9.17) is 0 Å². The molecular formula is C16H19F2NO4. The SMILES string of the molecule is CCC(C(=O)O)=C(C(=O)O)N(CC)c1ccc(F)c(F)c1CC. The highest BCUT2D eigenvalue weighted by atomic mass is 19.2. The van der Waals surface area contributed by atoms with Gasteiger partial charge in [-0.15, -0.1) is 0 Å². The molecule has 1 aromatic rings. The molecule has 0 bridgehead atoms. The summed E-state index contributed by atoms with van der Waals surface area (Å²) in [6.07, 6.45) is 0.120. The molecular weight excluding hydrogens is 308 g/mol. The van der Waals surface area contributed by atoms with Crippen molar-refractivity contribution in [2.75, 3.05) is 11.4 Å². The number of halogens is 2. The maximum absolute atomic E-state index is 14.0. The minimum absolute atomic E-state index is 0.00596. The summed E-state index contributed by atoms with van der Waals surface area (Å²) in [5.74, 6) is -4.88. The van der Waals surface area contributed by atoms with E-state index in [1.807, 2.05) is 0 Å². The Labute approximate surface area is 132 Å². The van der Waals surface area contributed by atoms with E-state index in [9.17, 15) is 28.6 Å². The standard InChI is InChI=1S/C16H19F2NO4/c1-4-9-12(8-7-11(17)13(9)18)19(6-3)14(16(22)23)10(5-2)15(20)21/h7-8H,4-6H2,1-3H3,(H,20,21)(H,22,23). The van der Waals surface area contributed by atoms with E-state index in [0.29, 0.717) is 0 Å². The van der Waals surface area contributed by atoms with Gasteiger partial charge in [-0.1, -0.05) is 13.8 Å². The number of anilines is 1. The van der Waals surface area contributed by atoms with E-state index in [1.165, 1.54) is 17.9 Å². The van der Waals surface area contributed by atoms with Crippen molar-refractivity contribution < 1.29 is 28.6 Å². The lowest BCUT2D eigenvalue weighted by Crippen LogP contribution is -2.31. The van der Waals surface area contributed by atoms with Crippen molar-refractivity contribution in [2.24, 2.45) is 0 Å². The Bertz CT molecular complexity index is 656. The van der Waals surface area contributed by atoms with Gasteiger partial charge >= 0.3 is 11.9 Å². The lowest BCUT2D eigenvalue weighted by molar-refractivity contribution is -0.136. The maximum atomic E-state index is 14.0. The highest BCUT2D eigenvalue weighted by Crippen LogP contribution is 2.30. The molecule has 0 radical (unpaired) electrons. The fourth-order valence-electron chi connectivity index (χ4n) is 2.45. The van der Waals surface area contributed by atoms with Crippen LogP contribution in [0.5, 0.6) is 0 Å². The van der Waals surface area contributed by atoms with Crippen LogP contribution >= 0.6 is 0 Å². The predicted molar refractivity (Wildman–Crippen MR) is 81.3 cm³/mol. The summed E-state index contributed by atoms with van der Waals surface area (Å²) in [6.45, 7) is 4.83. The number of carboxylic acids is 2. The van der Waals surface area contributed by atoms with Crippen molar-refractivity contribution in [2.45, 2.75) is 33.6 Å². The zero-order chi connectivity index (χ0) is 17.7. The average Bonchev–Trinajstić information content (AvgIpc) is 2.50. The molecule has 0 aliphatic rings. The van der Waals surface area contributed by atoms with E-state index >= 15 is 0 Å². The second-order valence-electron chi connectivity index (χ2n) is 4.75. The molecule has 0 heterocycles. The smallest absolute Gasteiger partial charge is 0.353 e. The molecule has 0 spiro atoms. The number of benzene rings is 1. The number of rotatable bonds is 7. The number of aliphatic carboxylic acids is 2. The highest BCUT2D eigenvalue weighted by Gasteiger charge is 2.27. The molecule has 0 unspecified atom stereocenters. The van der Waals surface area contributed by atoms with Gasteiger partial charge in [0.2, 0.25) is 0 Å². The minimum atomic E-state index is -1.43. The van der Waals surface area contributed by atoms with Crippen LogP contribution in [0.4, 0.5) is 14.5 Å². The van der Waals surface area contributed by atoms with Crippen molar-refractivity contribution in [3.63, 3.8) is 0 Å². The molecule has 0 atom stereocenters. The van der Waals surface area contributed by atoms with Crippen LogP contribution < -0.4 is 4.90 Å². The maximum Gasteiger partial charge on any atom is 0.353 e. The van der Waals surface area contributed by atoms with Crippen molar-refractivity contribution in [1.82, 2.24) is 0 Å². The number of nitrogens with zero attached hydrogens (tertiary/aromatic N) is 1. The molecule has 1 rings (SSSR count). The first kappa shape index (κ1) is 18.6. The fraction of sp³-hybridized carbons (Fsp3) is 0.375. The van der Waals surface area contributed by atoms with Crippen LogP contribution in [-0.4, -0.2) is 28.7 Å². The van der Waals surface area contributed by atoms with Gasteiger partial charge in [0.1, 0.15) is 5.70 Å². The number of hydrogen-bond acceptors (Lipinski definition) is 3. The summed E-state index contributed by atoms with van der Waals surface area (Å²) in [7, 11) is 0. The van der Waals surface area contributed by atoms with Crippen molar-refractivity contribution in [3.8, 4) is 0 Å². The van der Waals surface area contributed by atoms with Gasteiger partial charge in [-0.25, -0.2) is 18.4 Å². The first-order chi connectivity index (χ1) is 10.8. The largest absolute Gasteiger partial charge is 0.478 e. The van der Waals surface area contributed by atoms with Crippen LogP contribution in [0, 0.1) is 11.6 Å². The topological polar surface area (TPSA) is 77.8 Å². The molecule has 126 valence electrons. The van der Waals surface area contributed by atoms with Crippen molar-refractivity contribution in [3.05, 3.63) is 40.6 Å². The first-order valence-corrected chi connectivity index (χ1v) is 7.24. The summed E-state index contributed by atoms with van der Waals surface area (Å²) in [5, 5.41) is 18.7. The van der Waals surface area contributed by atoms with Gasteiger partial charge in [-0.3, -0.25) is 0 Å². The molecule has 23 heavy (non-hydrogen) atoms. The van der Waals surface area contributed by atoms with Crippen LogP contribution in [0.15, 0.2) is 23.4 Å². The zero-order valence-corrected chi connectivity index (χ0v) is 13.2. The van der Waals surface area contributed by atoms with Crippen LogP contribution in [-0.2, 0) is 16.0 Å². The Balaban J connectivity index is 3.68. The van der Waals surface area contributed by atoms with E-state index in [-0.39, 0.29) is 36.2 Å². The Morgan fingerprint density at radius 2 is 1.70 bits per heavy atom. The molecule has 0 saturated carbocycles. The van der Waals surface area contributed by atoms with Gasteiger partial charge in [0.25, 0.3) is 0 Å². The van der Waals surface area contributed by atoms with E-state index < -0.39 is 29.3 Å². The van der Waals surface area contributed by atoms with Crippen LogP contribution in [0.25, 0.3) is 0 Å². The molecule has 0 fully saturated rings. The van der Waals surface area contributed by atoms with E-state index in [0.717, 1.165) is 6.07 Å². The predicted octanol–water partition coefficient (Wildman–Crippen LogP) is 3.19. The molecule has 1 aromatic carbocycles. The first-order valence-electron chi connectivity index (χ1n) is 7.24. The summed E-state index contributed by atoms with van der Waals surface area (Å²) < 4.78 is 27.4. The van der Waals surface area contributed by atoms with E-state index in [2.05, 4.69) is 0 Å². The number of likely N-dealkylation sites (N-methyl/N-ethyl adjacent to an activating group) is 1. The third-order valence-corrected chi connectivity index (χ3v) is 3.50. The highest BCUT2D eigenvalue weighted by molar-refractivity contribution is 6.01.